The number of nitrogens with two attached hydrogens (primary N) is 1. The second-order valence-corrected chi connectivity index (χ2v) is 10.5. The Labute approximate surface area is 210 Å². The Bertz CT molecular complexity index is 1790. The van der Waals surface area contributed by atoms with Gasteiger partial charge in [-0.05, 0) is 47.9 Å². The number of hydrogen-bond acceptors (Lipinski definition) is 9. The van der Waals surface area contributed by atoms with Gasteiger partial charge in [-0.2, -0.15) is 16.8 Å². The van der Waals surface area contributed by atoms with Crippen LogP contribution < -0.4 is 11.1 Å². The van der Waals surface area contributed by atoms with E-state index in [2.05, 4.69) is 15.5 Å². The second kappa shape index (κ2) is 9.59. The van der Waals surface area contributed by atoms with Crippen LogP contribution in [0.3, 0.4) is 0 Å². The lowest BCUT2D eigenvalue weighted by atomic mass is 10.1. The summed E-state index contributed by atoms with van der Waals surface area (Å²) in [7, 11) is -9.44. The number of carbonyl (C=O) groups is 1. The van der Waals surface area contributed by atoms with Crippen LogP contribution in [0.5, 0.6) is 5.75 Å². The molecule has 0 fully saturated rings. The van der Waals surface area contributed by atoms with Crippen molar-refractivity contribution in [2.75, 3.05) is 11.1 Å². The van der Waals surface area contributed by atoms with Gasteiger partial charge in [-0.1, -0.05) is 24.3 Å². The number of aromatic hydroxyl groups is 1. The number of benzene rings is 4. The third kappa shape index (κ3) is 5.57. The van der Waals surface area contributed by atoms with Crippen molar-refractivity contribution in [3.63, 3.8) is 0 Å². The van der Waals surface area contributed by atoms with E-state index in [1.807, 2.05) is 0 Å². The summed E-state index contributed by atoms with van der Waals surface area (Å²) in [6.07, 6.45) is 0. The van der Waals surface area contributed by atoms with Crippen LogP contribution in [-0.4, -0.2) is 37.0 Å². The topological polar surface area (TPSA) is 209 Å². The average Bonchev–Trinajstić information content (AvgIpc) is 2.83. The third-order valence-corrected chi connectivity index (χ3v) is 6.88. The first-order valence-corrected chi connectivity index (χ1v) is 13.1. The average molecular weight is 543 g/mol. The van der Waals surface area contributed by atoms with Crippen LogP contribution in [0.25, 0.3) is 10.8 Å². The molecule has 0 aromatic heterocycles. The summed E-state index contributed by atoms with van der Waals surface area (Å²) in [6.45, 7) is 0. The van der Waals surface area contributed by atoms with E-state index in [0.717, 1.165) is 18.2 Å². The normalized spacial score (nSPS) is 12.2. The van der Waals surface area contributed by atoms with Crippen molar-refractivity contribution in [2.24, 2.45) is 10.2 Å². The summed E-state index contributed by atoms with van der Waals surface area (Å²) in [6, 6.07) is 16.3. The molecule has 0 aliphatic heterocycles. The Kier molecular flexibility index (Phi) is 6.66. The monoisotopic (exact) mass is 542 g/mol. The highest BCUT2D eigenvalue weighted by Gasteiger charge is 2.19. The standard InChI is InChI=1S/C23H18N4O8S2/c24-17-8-6-14-10-16(36(30,31)32)12-19(28)21(14)22(17)27-26-18-9-7-15(11-20(18)37(33,34)35)25-23(29)13-4-2-1-3-5-13/h1-12,28H,24H2,(H,25,29)(H,30,31,32)(H,33,34,35)/b27-26+. The first kappa shape index (κ1) is 25.7. The van der Waals surface area contributed by atoms with Gasteiger partial charge in [0.15, 0.2) is 0 Å². The molecule has 0 radical (unpaired) electrons. The highest BCUT2D eigenvalue weighted by atomic mass is 32.2. The number of azo groups is 1. The van der Waals surface area contributed by atoms with Gasteiger partial charge >= 0.3 is 0 Å². The molecule has 0 saturated heterocycles. The molecule has 0 atom stereocenters. The Hall–Kier alpha value is -4.37. The maximum Gasteiger partial charge on any atom is 0.296 e. The number of phenols is 1. The van der Waals surface area contributed by atoms with Crippen molar-refractivity contribution in [3.8, 4) is 5.75 Å². The van der Waals surface area contributed by atoms with E-state index >= 15 is 0 Å². The SMILES string of the molecule is Nc1ccc2cc(S(=O)(=O)O)cc(O)c2c1/N=N/c1ccc(NC(=O)c2ccccc2)cc1S(=O)(=O)O. The van der Waals surface area contributed by atoms with E-state index in [-0.39, 0.29) is 33.5 Å². The predicted octanol–water partition coefficient (Wildman–Crippen LogP) is 4.29. The smallest absolute Gasteiger partial charge is 0.296 e. The fourth-order valence-electron chi connectivity index (χ4n) is 3.45. The number of carbonyl (C=O) groups excluding carboxylic acids is 1. The maximum absolute atomic E-state index is 12.4. The zero-order valence-electron chi connectivity index (χ0n) is 18.6. The molecule has 0 unspecified atom stereocenters. The highest BCUT2D eigenvalue weighted by molar-refractivity contribution is 7.86. The van der Waals surface area contributed by atoms with E-state index in [4.69, 9.17) is 5.73 Å². The lowest BCUT2D eigenvalue weighted by Crippen LogP contribution is -2.12. The van der Waals surface area contributed by atoms with Gasteiger partial charge in [-0.3, -0.25) is 13.9 Å². The largest absolute Gasteiger partial charge is 0.507 e. The molecule has 0 spiro atoms. The summed E-state index contributed by atoms with van der Waals surface area (Å²) < 4.78 is 66.0. The molecule has 6 N–H and O–H groups in total. The van der Waals surface area contributed by atoms with Crippen molar-refractivity contribution >= 4 is 59.7 Å². The number of amides is 1. The van der Waals surface area contributed by atoms with Crippen LogP contribution in [0.2, 0.25) is 0 Å². The van der Waals surface area contributed by atoms with E-state index in [0.29, 0.717) is 5.56 Å². The van der Waals surface area contributed by atoms with Crippen LogP contribution in [0.15, 0.2) is 92.8 Å². The quantitative estimate of drug-likeness (QED) is 0.133. The van der Waals surface area contributed by atoms with E-state index < -0.39 is 41.7 Å². The van der Waals surface area contributed by atoms with Crippen LogP contribution in [0.4, 0.5) is 22.7 Å². The van der Waals surface area contributed by atoms with Crippen LogP contribution in [-0.2, 0) is 20.2 Å². The molecule has 0 aliphatic carbocycles. The Morgan fingerprint density at radius 3 is 2.19 bits per heavy atom. The van der Waals surface area contributed by atoms with Gasteiger partial charge in [0.2, 0.25) is 0 Å². The molecule has 0 saturated carbocycles. The highest BCUT2D eigenvalue weighted by Crippen LogP contribution is 2.41. The molecule has 4 aromatic rings. The Morgan fingerprint density at radius 2 is 1.54 bits per heavy atom. The molecule has 0 heterocycles. The summed E-state index contributed by atoms with van der Waals surface area (Å²) in [4.78, 5) is 11.2. The van der Waals surface area contributed by atoms with E-state index in [1.165, 1.54) is 24.3 Å². The number of nitrogens with zero attached hydrogens (tertiary/aromatic N) is 2. The minimum absolute atomic E-state index is 0.00584. The molecular weight excluding hydrogens is 524 g/mol. The predicted molar refractivity (Wildman–Crippen MR) is 135 cm³/mol. The van der Waals surface area contributed by atoms with Crippen molar-refractivity contribution < 1.29 is 35.8 Å². The zero-order chi connectivity index (χ0) is 27.0. The fraction of sp³-hybridized carbons (Fsp3) is 0. The Balaban J connectivity index is 1.77. The molecule has 1 amide bonds. The fourth-order valence-corrected chi connectivity index (χ4v) is 4.63. The Morgan fingerprint density at radius 1 is 0.838 bits per heavy atom. The van der Waals surface area contributed by atoms with Crippen LogP contribution in [0, 0.1) is 0 Å². The van der Waals surface area contributed by atoms with E-state index in [1.54, 1.807) is 30.3 Å². The summed E-state index contributed by atoms with van der Waals surface area (Å²) in [5.41, 5.74) is 5.90. The third-order valence-electron chi connectivity index (χ3n) is 5.16. The number of rotatable bonds is 6. The van der Waals surface area contributed by atoms with Crippen molar-refractivity contribution in [1.29, 1.82) is 0 Å². The number of fused-ring (bicyclic) bond motifs is 1. The molecule has 190 valence electrons. The molecular formula is C23H18N4O8S2. The number of hydrogen-bond donors (Lipinski definition) is 5. The first-order chi connectivity index (χ1) is 17.3. The molecule has 4 rings (SSSR count). The van der Waals surface area contributed by atoms with Gasteiger partial charge in [0, 0.05) is 17.3 Å². The lowest BCUT2D eigenvalue weighted by molar-refractivity contribution is 0.102. The van der Waals surface area contributed by atoms with Crippen molar-refractivity contribution in [2.45, 2.75) is 9.79 Å². The van der Waals surface area contributed by atoms with Gasteiger partial charge in [0.1, 0.15) is 22.0 Å². The molecule has 0 aliphatic rings. The number of nitrogens with one attached hydrogen (secondary N) is 1. The first-order valence-electron chi connectivity index (χ1n) is 10.3. The van der Waals surface area contributed by atoms with Crippen LogP contribution in [0.1, 0.15) is 10.4 Å². The maximum atomic E-state index is 12.4. The number of phenolic OH excluding ortho intramolecular Hbond substituents is 1. The molecule has 37 heavy (non-hydrogen) atoms. The number of nitrogen functional groups attached to an aromatic ring is 1. The minimum Gasteiger partial charge on any atom is -0.507 e. The second-order valence-electron chi connectivity index (χ2n) is 7.70. The van der Waals surface area contributed by atoms with Gasteiger partial charge < -0.3 is 16.2 Å². The van der Waals surface area contributed by atoms with Gasteiger partial charge in [-0.25, -0.2) is 0 Å². The summed E-state index contributed by atoms with van der Waals surface area (Å²) in [5.74, 6) is -1.10. The van der Waals surface area contributed by atoms with Crippen molar-refractivity contribution in [3.05, 3.63) is 78.4 Å². The zero-order valence-corrected chi connectivity index (χ0v) is 20.2. The molecule has 0 bridgehead atoms. The van der Waals surface area contributed by atoms with E-state index in [9.17, 15) is 35.8 Å². The van der Waals surface area contributed by atoms with Crippen LogP contribution >= 0.6 is 0 Å². The molecule has 14 heteroatoms. The van der Waals surface area contributed by atoms with Gasteiger partial charge in [-0.15, -0.1) is 10.2 Å². The van der Waals surface area contributed by atoms with Gasteiger partial charge in [0.05, 0.1) is 16.0 Å². The summed E-state index contributed by atoms with van der Waals surface area (Å²) in [5, 5.41) is 20.8. The molecule has 12 nitrogen and oxygen atoms in total. The molecule has 4 aromatic carbocycles. The van der Waals surface area contributed by atoms with Gasteiger partial charge in [0.25, 0.3) is 26.1 Å². The number of anilines is 2. The summed E-state index contributed by atoms with van der Waals surface area (Å²) >= 11 is 0. The lowest BCUT2D eigenvalue weighted by Gasteiger charge is -2.10. The van der Waals surface area contributed by atoms with Crippen molar-refractivity contribution in [1.82, 2.24) is 0 Å². The minimum atomic E-state index is -4.82.